The minimum absolute atomic E-state index is 0.137. The maximum absolute atomic E-state index is 11.7. The normalized spacial score (nSPS) is 12.2. The van der Waals surface area contributed by atoms with Gasteiger partial charge in [-0.25, -0.2) is 4.98 Å². The molecule has 4 N–H and O–H groups in total. The summed E-state index contributed by atoms with van der Waals surface area (Å²) in [6.45, 7) is 1.55. The average molecular weight is 356 g/mol. The Balaban J connectivity index is 2.99. The van der Waals surface area contributed by atoms with Crippen molar-refractivity contribution in [2.75, 3.05) is 12.3 Å². The molecule has 0 aliphatic rings. The topological polar surface area (TPSA) is 88.2 Å². The number of aliphatic hydroxyl groups excluding tert-OH is 1. The molecule has 0 fully saturated rings. The van der Waals surface area contributed by atoms with Gasteiger partial charge < -0.3 is 16.2 Å². The van der Waals surface area contributed by atoms with Gasteiger partial charge in [0.2, 0.25) is 0 Å². The number of pyridine rings is 1. The first kappa shape index (κ1) is 13.5. The van der Waals surface area contributed by atoms with Gasteiger partial charge in [0.25, 0.3) is 5.91 Å². The van der Waals surface area contributed by atoms with E-state index in [0.29, 0.717) is 3.70 Å². The number of aliphatic hydroxyl groups is 1. The van der Waals surface area contributed by atoms with Crippen LogP contribution in [0.25, 0.3) is 0 Å². The van der Waals surface area contributed by atoms with Crippen LogP contribution in [0.2, 0.25) is 5.15 Å². The largest absolute Gasteiger partial charge is 0.396 e. The van der Waals surface area contributed by atoms with E-state index in [4.69, 9.17) is 22.4 Å². The summed E-state index contributed by atoms with van der Waals surface area (Å²) >= 11 is 7.64. The Hall–Kier alpha value is -0.600. The van der Waals surface area contributed by atoms with Crippen molar-refractivity contribution in [3.05, 3.63) is 20.5 Å². The Morgan fingerprint density at radius 2 is 2.44 bits per heavy atom. The van der Waals surface area contributed by atoms with Crippen molar-refractivity contribution in [1.29, 1.82) is 0 Å². The fraction of sp³-hybridized carbons (Fsp3) is 0.333. The van der Waals surface area contributed by atoms with Gasteiger partial charge in [0, 0.05) is 6.04 Å². The van der Waals surface area contributed by atoms with E-state index in [1.54, 1.807) is 6.92 Å². The van der Waals surface area contributed by atoms with E-state index in [1.165, 1.54) is 6.07 Å². The predicted octanol–water partition coefficient (Wildman–Crippen LogP) is 1.03. The number of amides is 1. The molecule has 0 aliphatic carbocycles. The first-order valence-corrected chi connectivity index (χ1v) is 5.94. The van der Waals surface area contributed by atoms with Gasteiger partial charge in [-0.15, -0.1) is 0 Å². The van der Waals surface area contributed by atoms with Crippen LogP contribution < -0.4 is 11.1 Å². The molecule has 7 heteroatoms. The van der Waals surface area contributed by atoms with Crippen molar-refractivity contribution >= 4 is 45.8 Å². The number of carbonyl (C=O) groups excluding carboxylic acids is 1. The number of hydrogen-bond donors (Lipinski definition) is 3. The van der Waals surface area contributed by atoms with Gasteiger partial charge in [0.15, 0.2) is 0 Å². The molecular formula is C9H11ClIN3O2. The second kappa shape index (κ2) is 5.65. The summed E-state index contributed by atoms with van der Waals surface area (Å²) in [6, 6.07) is 1.06. The number of aromatic nitrogens is 1. The molecule has 5 nitrogen and oxygen atoms in total. The quantitative estimate of drug-likeness (QED) is 0.558. The van der Waals surface area contributed by atoms with Gasteiger partial charge in [0.1, 0.15) is 8.85 Å². The van der Waals surface area contributed by atoms with Crippen LogP contribution in [0.1, 0.15) is 17.3 Å². The van der Waals surface area contributed by atoms with E-state index in [9.17, 15) is 4.79 Å². The highest BCUT2D eigenvalue weighted by Gasteiger charge is 2.15. The molecule has 0 bridgehead atoms. The summed E-state index contributed by atoms with van der Waals surface area (Å²) in [7, 11) is 0. The summed E-state index contributed by atoms with van der Waals surface area (Å²) in [5, 5.41) is 11.6. The number of hydrogen-bond acceptors (Lipinski definition) is 4. The van der Waals surface area contributed by atoms with E-state index in [1.807, 2.05) is 22.6 Å². The highest BCUT2D eigenvalue weighted by Crippen LogP contribution is 2.21. The van der Waals surface area contributed by atoms with E-state index < -0.39 is 0 Å². The maximum atomic E-state index is 11.7. The molecule has 1 aromatic rings. The second-order valence-corrected chi connectivity index (χ2v) is 4.66. The number of carbonyl (C=O) groups is 1. The summed E-state index contributed by atoms with van der Waals surface area (Å²) in [4.78, 5) is 15.7. The summed E-state index contributed by atoms with van der Waals surface area (Å²) < 4.78 is 0.479. The molecule has 0 spiro atoms. The van der Waals surface area contributed by atoms with Gasteiger partial charge in [-0.3, -0.25) is 4.79 Å². The minimum Gasteiger partial charge on any atom is -0.396 e. The number of nitrogens with two attached hydrogens (primary N) is 1. The summed E-state index contributed by atoms with van der Waals surface area (Å²) in [5.74, 6) is -0.374. The molecule has 16 heavy (non-hydrogen) atoms. The molecule has 1 aromatic heterocycles. The van der Waals surface area contributed by atoms with Crippen molar-refractivity contribution in [3.8, 4) is 0 Å². The maximum Gasteiger partial charge on any atom is 0.253 e. The number of halogens is 2. The van der Waals surface area contributed by atoms with Crippen LogP contribution in [0.5, 0.6) is 0 Å². The highest BCUT2D eigenvalue weighted by molar-refractivity contribution is 14.1. The molecule has 1 heterocycles. The number of anilines is 1. The highest BCUT2D eigenvalue weighted by atomic mass is 127. The SMILES string of the molecule is C[C@@H](CO)NC(=O)c1cc(Cl)nc(I)c1N. The third-order valence-electron chi connectivity index (χ3n) is 1.88. The Morgan fingerprint density at radius 3 is 3.00 bits per heavy atom. The van der Waals surface area contributed by atoms with Crippen molar-refractivity contribution in [1.82, 2.24) is 10.3 Å². The van der Waals surface area contributed by atoms with E-state index >= 15 is 0 Å². The third kappa shape index (κ3) is 3.19. The Kier molecular flexibility index (Phi) is 4.75. The lowest BCUT2D eigenvalue weighted by Crippen LogP contribution is -2.35. The molecule has 88 valence electrons. The molecule has 1 amide bonds. The van der Waals surface area contributed by atoms with Crippen LogP contribution in [0.3, 0.4) is 0 Å². The van der Waals surface area contributed by atoms with Crippen molar-refractivity contribution in [2.24, 2.45) is 0 Å². The lowest BCUT2D eigenvalue weighted by Gasteiger charge is -2.12. The van der Waals surface area contributed by atoms with Crippen LogP contribution in [0.4, 0.5) is 5.69 Å². The zero-order valence-corrected chi connectivity index (χ0v) is 11.4. The average Bonchev–Trinajstić information content (AvgIpc) is 2.22. The first-order chi connectivity index (χ1) is 7.45. The van der Waals surface area contributed by atoms with Crippen molar-refractivity contribution in [3.63, 3.8) is 0 Å². The summed E-state index contributed by atoms with van der Waals surface area (Å²) in [6.07, 6.45) is 0. The molecule has 0 aliphatic heterocycles. The molecule has 0 saturated carbocycles. The molecule has 1 atom stereocenters. The predicted molar refractivity (Wildman–Crippen MR) is 70.4 cm³/mol. The Labute approximate surface area is 112 Å². The number of nitrogens with zero attached hydrogens (tertiary/aromatic N) is 1. The number of rotatable bonds is 3. The summed E-state index contributed by atoms with van der Waals surface area (Å²) in [5.41, 5.74) is 6.27. The standard InChI is InChI=1S/C9H11ClIN3O2/c1-4(3-15)13-9(16)5-2-6(10)14-8(11)7(5)12/h2,4,15H,3,12H2,1H3,(H,13,16)/t4-/m0/s1. The van der Waals surface area contributed by atoms with Crippen LogP contribution >= 0.6 is 34.2 Å². The van der Waals surface area contributed by atoms with Gasteiger partial charge in [-0.05, 0) is 35.6 Å². The molecule has 0 unspecified atom stereocenters. The van der Waals surface area contributed by atoms with Crippen LogP contribution in [0.15, 0.2) is 6.07 Å². The third-order valence-corrected chi connectivity index (χ3v) is 2.89. The van der Waals surface area contributed by atoms with E-state index in [2.05, 4.69) is 10.3 Å². The molecule has 1 rings (SSSR count). The van der Waals surface area contributed by atoms with Crippen molar-refractivity contribution in [2.45, 2.75) is 13.0 Å². The fourth-order valence-electron chi connectivity index (χ4n) is 1.03. The molecule has 0 saturated heterocycles. The molecular weight excluding hydrogens is 344 g/mol. The Bertz CT molecular complexity index is 414. The van der Waals surface area contributed by atoms with Crippen molar-refractivity contribution < 1.29 is 9.90 Å². The van der Waals surface area contributed by atoms with Gasteiger partial charge in [-0.2, -0.15) is 0 Å². The lowest BCUT2D eigenvalue weighted by atomic mass is 10.2. The monoisotopic (exact) mass is 355 g/mol. The van der Waals surface area contributed by atoms with Gasteiger partial charge in [-0.1, -0.05) is 11.6 Å². The Morgan fingerprint density at radius 1 is 1.81 bits per heavy atom. The van der Waals surface area contributed by atoms with Crippen LogP contribution in [0, 0.1) is 3.70 Å². The van der Waals surface area contributed by atoms with E-state index in [0.717, 1.165) is 0 Å². The smallest absolute Gasteiger partial charge is 0.253 e. The van der Waals surface area contributed by atoms with Gasteiger partial charge in [0.05, 0.1) is 17.9 Å². The molecule has 0 radical (unpaired) electrons. The first-order valence-electron chi connectivity index (χ1n) is 4.49. The fourth-order valence-corrected chi connectivity index (χ4v) is 1.92. The number of nitrogens with one attached hydrogen (secondary N) is 1. The molecule has 0 aromatic carbocycles. The minimum atomic E-state index is -0.374. The zero-order valence-electron chi connectivity index (χ0n) is 8.50. The van der Waals surface area contributed by atoms with E-state index in [-0.39, 0.29) is 35.0 Å². The van der Waals surface area contributed by atoms with Crippen LogP contribution in [-0.2, 0) is 0 Å². The second-order valence-electron chi connectivity index (χ2n) is 3.25. The van der Waals surface area contributed by atoms with Crippen LogP contribution in [-0.4, -0.2) is 28.6 Å². The van der Waals surface area contributed by atoms with Gasteiger partial charge >= 0.3 is 0 Å². The zero-order chi connectivity index (χ0) is 12.3. The lowest BCUT2D eigenvalue weighted by molar-refractivity contribution is 0.0923. The number of nitrogen functional groups attached to an aromatic ring is 1.